The lowest BCUT2D eigenvalue weighted by atomic mass is 10.1. The summed E-state index contributed by atoms with van der Waals surface area (Å²) in [5, 5.41) is 2.68. The molecule has 0 spiro atoms. The summed E-state index contributed by atoms with van der Waals surface area (Å²) in [7, 11) is 0. The Morgan fingerprint density at radius 3 is 2.86 bits per heavy atom. The molecule has 1 amide bonds. The maximum absolute atomic E-state index is 12.5. The molecule has 7 heteroatoms. The Kier molecular flexibility index (Phi) is 5.13. The van der Waals surface area contributed by atoms with E-state index >= 15 is 0 Å². The molecule has 0 saturated carbocycles. The van der Waals surface area contributed by atoms with Crippen molar-refractivity contribution in [3.63, 3.8) is 0 Å². The van der Waals surface area contributed by atoms with Gasteiger partial charge >= 0.3 is 0 Å². The number of halogens is 1. The van der Waals surface area contributed by atoms with Gasteiger partial charge < -0.3 is 9.64 Å². The van der Waals surface area contributed by atoms with Crippen LogP contribution < -0.4 is 0 Å². The molecule has 1 saturated heterocycles. The number of carbonyl (C=O) groups excluding carboxylic acids is 1. The van der Waals surface area contributed by atoms with Gasteiger partial charge in [0, 0.05) is 25.1 Å². The molecule has 0 radical (unpaired) electrons. The van der Waals surface area contributed by atoms with Crippen LogP contribution in [0.15, 0.2) is 17.5 Å². The second-order valence-electron chi connectivity index (χ2n) is 5.09. The maximum atomic E-state index is 12.5. The number of carbonyl (C=O) groups is 1. The molecular formula is C15H17ClN2O2S2. The molecule has 0 bridgehead atoms. The highest BCUT2D eigenvalue weighted by molar-refractivity contribution is 7.23. The number of piperidine rings is 1. The summed E-state index contributed by atoms with van der Waals surface area (Å²) in [6.07, 6.45) is 2.09. The SMILES string of the molecule is CCOC1CCN(C(=O)c2csc(-c3ccc(Cl)s3)n2)CC1. The number of hydrogen-bond donors (Lipinski definition) is 0. The summed E-state index contributed by atoms with van der Waals surface area (Å²) in [4.78, 5) is 19.9. The molecule has 3 rings (SSSR count). The first-order valence-corrected chi connectivity index (χ1v) is 9.37. The van der Waals surface area contributed by atoms with Crippen LogP contribution in [0.3, 0.4) is 0 Å². The Labute approximate surface area is 142 Å². The highest BCUT2D eigenvalue weighted by Gasteiger charge is 2.25. The Bertz CT molecular complexity index is 648. The van der Waals surface area contributed by atoms with Crippen LogP contribution in [0.1, 0.15) is 30.3 Å². The van der Waals surface area contributed by atoms with Crippen molar-refractivity contribution in [2.75, 3.05) is 19.7 Å². The fraction of sp³-hybridized carbons (Fsp3) is 0.467. The van der Waals surface area contributed by atoms with E-state index in [1.165, 1.54) is 22.7 Å². The Morgan fingerprint density at radius 1 is 1.45 bits per heavy atom. The van der Waals surface area contributed by atoms with E-state index in [1.807, 2.05) is 29.3 Å². The van der Waals surface area contributed by atoms with Gasteiger partial charge in [-0.15, -0.1) is 22.7 Å². The van der Waals surface area contributed by atoms with Crippen molar-refractivity contribution in [1.29, 1.82) is 0 Å². The van der Waals surface area contributed by atoms with Crippen LogP contribution in [-0.4, -0.2) is 41.6 Å². The molecule has 4 nitrogen and oxygen atoms in total. The van der Waals surface area contributed by atoms with Crippen LogP contribution in [0.25, 0.3) is 9.88 Å². The van der Waals surface area contributed by atoms with Gasteiger partial charge in [0.2, 0.25) is 0 Å². The first kappa shape index (κ1) is 15.9. The van der Waals surface area contributed by atoms with Crippen LogP contribution in [0.2, 0.25) is 4.34 Å². The van der Waals surface area contributed by atoms with Gasteiger partial charge in [-0.25, -0.2) is 4.98 Å². The number of ether oxygens (including phenoxy) is 1. The Balaban J connectivity index is 1.65. The van der Waals surface area contributed by atoms with Gasteiger partial charge in [-0.05, 0) is 31.9 Å². The minimum absolute atomic E-state index is 0.0140. The predicted molar refractivity (Wildman–Crippen MR) is 91.0 cm³/mol. The molecule has 0 atom stereocenters. The third-order valence-corrected chi connectivity index (χ3v) is 5.88. The summed E-state index contributed by atoms with van der Waals surface area (Å²) in [5.74, 6) is 0.0140. The average molecular weight is 357 g/mol. The van der Waals surface area contributed by atoms with Gasteiger partial charge in [0.1, 0.15) is 10.7 Å². The second kappa shape index (κ2) is 7.08. The van der Waals surface area contributed by atoms with Crippen molar-refractivity contribution in [3.8, 4) is 9.88 Å². The van der Waals surface area contributed by atoms with Crippen molar-refractivity contribution in [1.82, 2.24) is 9.88 Å². The van der Waals surface area contributed by atoms with E-state index in [2.05, 4.69) is 4.98 Å². The molecule has 118 valence electrons. The van der Waals surface area contributed by atoms with E-state index in [-0.39, 0.29) is 12.0 Å². The molecule has 1 aliphatic heterocycles. The standard InChI is InChI=1S/C15H17ClN2O2S2/c1-2-20-10-5-7-18(8-6-10)15(19)11-9-21-14(17-11)12-3-4-13(16)22-12/h3-4,9-10H,2,5-8H2,1H3. The first-order chi connectivity index (χ1) is 10.7. The normalized spacial score (nSPS) is 16.2. The molecule has 22 heavy (non-hydrogen) atoms. The number of likely N-dealkylation sites (tertiary alicyclic amines) is 1. The van der Waals surface area contributed by atoms with Crippen LogP contribution in [0.5, 0.6) is 0 Å². The summed E-state index contributed by atoms with van der Waals surface area (Å²) in [5.41, 5.74) is 0.527. The topological polar surface area (TPSA) is 42.4 Å². The maximum Gasteiger partial charge on any atom is 0.273 e. The van der Waals surface area contributed by atoms with E-state index in [1.54, 1.807) is 0 Å². The quantitative estimate of drug-likeness (QED) is 0.825. The van der Waals surface area contributed by atoms with Gasteiger partial charge in [0.15, 0.2) is 0 Å². The summed E-state index contributed by atoms with van der Waals surface area (Å²) in [6.45, 7) is 4.21. The number of hydrogen-bond acceptors (Lipinski definition) is 5. The van der Waals surface area contributed by atoms with Gasteiger partial charge in [0.25, 0.3) is 5.91 Å². The smallest absolute Gasteiger partial charge is 0.273 e. The van der Waals surface area contributed by atoms with Crippen molar-refractivity contribution < 1.29 is 9.53 Å². The molecule has 1 aliphatic rings. The number of rotatable bonds is 4. The fourth-order valence-electron chi connectivity index (χ4n) is 2.54. The third-order valence-electron chi connectivity index (χ3n) is 3.64. The summed E-state index contributed by atoms with van der Waals surface area (Å²) >= 11 is 8.91. The highest BCUT2D eigenvalue weighted by atomic mass is 35.5. The average Bonchev–Trinajstić information content (AvgIpc) is 3.16. The molecular weight excluding hydrogens is 340 g/mol. The van der Waals surface area contributed by atoms with Crippen LogP contribution >= 0.6 is 34.3 Å². The van der Waals surface area contributed by atoms with E-state index in [9.17, 15) is 4.79 Å². The lowest BCUT2D eigenvalue weighted by Gasteiger charge is -2.31. The lowest BCUT2D eigenvalue weighted by Crippen LogP contribution is -2.41. The van der Waals surface area contributed by atoms with Crippen molar-refractivity contribution in [2.45, 2.75) is 25.9 Å². The number of amides is 1. The summed E-state index contributed by atoms with van der Waals surface area (Å²) in [6, 6.07) is 3.79. The van der Waals surface area contributed by atoms with E-state index in [0.29, 0.717) is 5.69 Å². The highest BCUT2D eigenvalue weighted by Crippen LogP contribution is 2.33. The predicted octanol–water partition coefficient (Wildman–Crippen LogP) is 4.17. The van der Waals surface area contributed by atoms with E-state index in [0.717, 1.165) is 46.8 Å². The van der Waals surface area contributed by atoms with Crippen LogP contribution in [0.4, 0.5) is 0 Å². The molecule has 3 heterocycles. The number of thiophene rings is 1. The molecule has 0 unspecified atom stereocenters. The number of aromatic nitrogens is 1. The second-order valence-corrected chi connectivity index (χ2v) is 7.66. The molecule has 2 aromatic rings. The minimum Gasteiger partial charge on any atom is -0.378 e. The monoisotopic (exact) mass is 356 g/mol. The zero-order chi connectivity index (χ0) is 15.5. The number of thiazole rings is 1. The first-order valence-electron chi connectivity index (χ1n) is 7.29. The zero-order valence-corrected chi connectivity index (χ0v) is 14.6. The summed E-state index contributed by atoms with van der Waals surface area (Å²) < 4.78 is 6.35. The van der Waals surface area contributed by atoms with Crippen molar-refractivity contribution in [2.24, 2.45) is 0 Å². The lowest BCUT2D eigenvalue weighted by molar-refractivity contribution is 0.0144. The van der Waals surface area contributed by atoms with E-state index in [4.69, 9.17) is 16.3 Å². The largest absolute Gasteiger partial charge is 0.378 e. The Morgan fingerprint density at radius 2 is 2.23 bits per heavy atom. The van der Waals surface area contributed by atoms with Crippen molar-refractivity contribution in [3.05, 3.63) is 27.5 Å². The van der Waals surface area contributed by atoms with Crippen molar-refractivity contribution >= 4 is 40.2 Å². The third kappa shape index (κ3) is 3.51. The van der Waals surface area contributed by atoms with Gasteiger partial charge in [-0.2, -0.15) is 0 Å². The van der Waals surface area contributed by atoms with Gasteiger partial charge in [0.05, 0.1) is 15.3 Å². The fourth-order valence-corrected chi connectivity index (χ4v) is 4.45. The van der Waals surface area contributed by atoms with Crippen LogP contribution in [0, 0.1) is 0 Å². The minimum atomic E-state index is 0.0140. The Hall–Kier alpha value is -0.950. The van der Waals surface area contributed by atoms with Gasteiger partial charge in [-0.1, -0.05) is 11.6 Å². The molecule has 0 N–H and O–H groups in total. The zero-order valence-electron chi connectivity index (χ0n) is 12.3. The van der Waals surface area contributed by atoms with Gasteiger partial charge in [-0.3, -0.25) is 4.79 Å². The van der Waals surface area contributed by atoms with Crippen LogP contribution in [-0.2, 0) is 4.74 Å². The van der Waals surface area contributed by atoms with E-state index < -0.39 is 0 Å². The molecule has 0 aromatic carbocycles. The molecule has 2 aromatic heterocycles. The molecule has 0 aliphatic carbocycles. The number of nitrogens with zero attached hydrogens (tertiary/aromatic N) is 2. The molecule has 1 fully saturated rings.